The molecule has 0 aromatic heterocycles. The van der Waals surface area contributed by atoms with Crippen molar-refractivity contribution in [2.45, 2.75) is 11.7 Å². The van der Waals surface area contributed by atoms with E-state index in [1.54, 1.807) is 30.2 Å². The van der Waals surface area contributed by atoms with Crippen molar-refractivity contribution in [3.8, 4) is 11.5 Å². The number of hydrogen-bond donors (Lipinski definition) is 1. The van der Waals surface area contributed by atoms with E-state index < -0.39 is 0 Å². The lowest BCUT2D eigenvalue weighted by molar-refractivity contribution is -0.116. The molecule has 1 unspecified atom stereocenters. The van der Waals surface area contributed by atoms with E-state index in [1.807, 2.05) is 24.3 Å². The van der Waals surface area contributed by atoms with Crippen LogP contribution in [0, 0.1) is 0 Å². The number of thioether (sulfide) groups is 1. The zero-order chi connectivity index (χ0) is 17.3. The van der Waals surface area contributed by atoms with Gasteiger partial charge in [0.05, 0.1) is 22.5 Å². The highest BCUT2D eigenvalue weighted by Gasteiger charge is 2.37. The number of benzene rings is 2. The summed E-state index contributed by atoms with van der Waals surface area (Å²) in [6.07, 6.45) is 0.551. The summed E-state index contributed by atoms with van der Waals surface area (Å²) >= 11 is 10.1. The number of ether oxygens (including phenoxy) is 1. The first-order chi connectivity index (χ1) is 11.5. The quantitative estimate of drug-likeness (QED) is 0.748. The number of nitrogens with zero attached hydrogens (tertiary/aromatic N) is 1. The maximum absolute atomic E-state index is 12.8. The van der Waals surface area contributed by atoms with Gasteiger partial charge in [-0.3, -0.25) is 9.69 Å². The lowest BCUT2D eigenvalue weighted by atomic mass is 10.1. The Morgan fingerprint density at radius 3 is 2.62 bits per heavy atom. The van der Waals surface area contributed by atoms with Crippen molar-refractivity contribution in [3.63, 3.8) is 0 Å². The number of carbonyl (C=O) groups excluding carboxylic acids is 1. The molecule has 1 amide bonds. The van der Waals surface area contributed by atoms with E-state index in [4.69, 9.17) is 17.0 Å². The molecule has 4 nitrogen and oxygen atoms in total. The molecule has 2 aromatic rings. The minimum absolute atomic E-state index is 0.0284. The lowest BCUT2D eigenvalue weighted by Crippen LogP contribution is -2.31. The molecular formula is C17H14BrNO3S2. The second kappa shape index (κ2) is 7.13. The average molecular weight is 424 g/mol. The smallest absolute Gasteiger partial charge is 0.246 e. The number of phenolic OH excluding ortho intramolecular Hbond substituents is 1. The van der Waals surface area contributed by atoms with Gasteiger partial charge in [0.25, 0.3) is 0 Å². The van der Waals surface area contributed by atoms with Crippen LogP contribution in [0.4, 0.5) is 5.69 Å². The van der Waals surface area contributed by atoms with E-state index in [1.165, 1.54) is 11.8 Å². The van der Waals surface area contributed by atoms with Crippen LogP contribution in [0.2, 0.25) is 0 Å². The van der Waals surface area contributed by atoms with Crippen LogP contribution in [0.3, 0.4) is 0 Å². The molecule has 0 saturated carbocycles. The number of rotatable bonds is 4. The highest BCUT2D eigenvalue weighted by atomic mass is 79.9. The first kappa shape index (κ1) is 17.3. The van der Waals surface area contributed by atoms with Crippen LogP contribution in [-0.4, -0.2) is 27.7 Å². The fourth-order valence-corrected chi connectivity index (χ4v) is 4.44. The van der Waals surface area contributed by atoms with Gasteiger partial charge in [-0.15, -0.1) is 0 Å². The number of carbonyl (C=O) groups is 1. The number of hydrogen-bond acceptors (Lipinski definition) is 5. The van der Waals surface area contributed by atoms with Crippen molar-refractivity contribution in [2.24, 2.45) is 0 Å². The van der Waals surface area contributed by atoms with E-state index in [9.17, 15) is 9.90 Å². The zero-order valence-electron chi connectivity index (χ0n) is 12.7. The van der Waals surface area contributed by atoms with Gasteiger partial charge in [0.2, 0.25) is 5.91 Å². The van der Waals surface area contributed by atoms with Crippen molar-refractivity contribution in [1.29, 1.82) is 0 Å². The van der Waals surface area contributed by atoms with Gasteiger partial charge < -0.3 is 9.84 Å². The Morgan fingerprint density at radius 1 is 1.29 bits per heavy atom. The van der Waals surface area contributed by atoms with Crippen LogP contribution in [0.15, 0.2) is 46.9 Å². The second-order valence-corrected chi connectivity index (χ2v) is 7.92. The van der Waals surface area contributed by atoms with Crippen molar-refractivity contribution < 1.29 is 14.6 Å². The summed E-state index contributed by atoms with van der Waals surface area (Å²) < 4.78 is 6.30. The van der Waals surface area contributed by atoms with E-state index in [0.717, 1.165) is 17.0 Å². The van der Waals surface area contributed by atoms with Crippen LogP contribution >= 0.6 is 39.9 Å². The highest BCUT2D eigenvalue weighted by molar-refractivity contribution is 9.10. The molecule has 3 rings (SSSR count). The molecule has 1 atom stereocenters. The monoisotopic (exact) mass is 423 g/mol. The standard InChI is InChI=1S/C17H14BrNO3S2/c1-22-12-5-3-11(4-6-12)19-16(21)15(24-17(19)23)9-10-2-7-14(20)13(18)8-10/h2-8,15,20H,9H2,1H3. The van der Waals surface area contributed by atoms with E-state index in [2.05, 4.69) is 15.9 Å². The number of anilines is 1. The summed E-state index contributed by atoms with van der Waals surface area (Å²) in [5.74, 6) is 0.883. The van der Waals surface area contributed by atoms with E-state index in [-0.39, 0.29) is 16.9 Å². The average Bonchev–Trinajstić information content (AvgIpc) is 2.85. The summed E-state index contributed by atoms with van der Waals surface area (Å²) in [7, 11) is 1.60. The Balaban J connectivity index is 1.79. The third-order valence-corrected chi connectivity index (χ3v) is 5.83. The van der Waals surface area contributed by atoms with Gasteiger partial charge in [-0.05, 0) is 64.3 Å². The molecule has 1 N–H and O–H groups in total. The summed E-state index contributed by atoms with van der Waals surface area (Å²) in [6.45, 7) is 0. The molecular weight excluding hydrogens is 410 g/mol. The molecule has 1 heterocycles. The normalized spacial score (nSPS) is 17.4. The number of halogens is 1. The van der Waals surface area contributed by atoms with Crippen LogP contribution in [0.25, 0.3) is 0 Å². The van der Waals surface area contributed by atoms with Gasteiger partial charge in [0.15, 0.2) is 0 Å². The molecule has 0 aliphatic carbocycles. The summed E-state index contributed by atoms with van der Waals surface area (Å²) in [4.78, 5) is 14.3. The predicted molar refractivity (Wildman–Crippen MR) is 104 cm³/mol. The van der Waals surface area contributed by atoms with Crippen LogP contribution < -0.4 is 9.64 Å². The number of methoxy groups -OCH3 is 1. The number of thiocarbonyl (C=S) groups is 1. The molecule has 0 bridgehead atoms. The SMILES string of the molecule is COc1ccc(N2C(=O)C(Cc3ccc(O)c(Br)c3)SC2=S)cc1. The fourth-order valence-electron chi connectivity index (χ4n) is 2.44. The highest BCUT2D eigenvalue weighted by Crippen LogP contribution is 2.35. The number of phenols is 1. The Morgan fingerprint density at radius 2 is 2.00 bits per heavy atom. The lowest BCUT2D eigenvalue weighted by Gasteiger charge is -2.16. The van der Waals surface area contributed by atoms with E-state index in [0.29, 0.717) is 15.2 Å². The Bertz CT molecular complexity index is 795. The maximum atomic E-state index is 12.8. The summed E-state index contributed by atoms with van der Waals surface area (Å²) in [5.41, 5.74) is 1.71. The Labute approximate surface area is 157 Å². The molecule has 1 aliphatic heterocycles. The zero-order valence-corrected chi connectivity index (χ0v) is 16.0. The first-order valence-electron chi connectivity index (χ1n) is 7.15. The van der Waals surface area contributed by atoms with Gasteiger partial charge in [0.1, 0.15) is 15.8 Å². The third kappa shape index (κ3) is 3.43. The maximum Gasteiger partial charge on any atom is 0.246 e. The largest absolute Gasteiger partial charge is 0.507 e. The second-order valence-electron chi connectivity index (χ2n) is 5.23. The van der Waals surface area contributed by atoms with Gasteiger partial charge in [0, 0.05) is 0 Å². The van der Waals surface area contributed by atoms with Gasteiger partial charge in [-0.25, -0.2) is 0 Å². The van der Waals surface area contributed by atoms with Gasteiger partial charge in [-0.2, -0.15) is 0 Å². The van der Waals surface area contributed by atoms with Gasteiger partial charge in [-0.1, -0.05) is 30.0 Å². The minimum atomic E-state index is -0.268. The van der Waals surface area contributed by atoms with Crippen LogP contribution in [0.5, 0.6) is 11.5 Å². The molecule has 7 heteroatoms. The van der Waals surface area contributed by atoms with Crippen LogP contribution in [-0.2, 0) is 11.2 Å². The Kier molecular flexibility index (Phi) is 5.12. The first-order valence-corrected chi connectivity index (χ1v) is 9.23. The van der Waals surface area contributed by atoms with Crippen molar-refractivity contribution >= 4 is 55.8 Å². The molecule has 1 aliphatic rings. The van der Waals surface area contributed by atoms with Crippen LogP contribution in [0.1, 0.15) is 5.56 Å². The van der Waals surface area contributed by atoms with Gasteiger partial charge >= 0.3 is 0 Å². The van der Waals surface area contributed by atoms with E-state index >= 15 is 0 Å². The number of aromatic hydroxyl groups is 1. The fraction of sp³-hybridized carbons (Fsp3) is 0.176. The summed E-state index contributed by atoms with van der Waals surface area (Å²) in [6, 6.07) is 12.5. The molecule has 24 heavy (non-hydrogen) atoms. The number of amides is 1. The summed E-state index contributed by atoms with van der Waals surface area (Å²) in [5, 5.41) is 9.31. The molecule has 0 spiro atoms. The molecule has 1 saturated heterocycles. The minimum Gasteiger partial charge on any atom is -0.507 e. The molecule has 1 fully saturated rings. The van der Waals surface area contributed by atoms with Crippen molar-refractivity contribution in [2.75, 3.05) is 12.0 Å². The molecule has 0 radical (unpaired) electrons. The van der Waals surface area contributed by atoms with Crippen molar-refractivity contribution in [1.82, 2.24) is 0 Å². The topological polar surface area (TPSA) is 49.8 Å². The predicted octanol–water partition coefficient (Wildman–Crippen LogP) is 4.14. The molecule has 124 valence electrons. The molecule has 2 aromatic carbocycles. The third-order valence-electron chi connectivity index (χ3n) is 3.69. The van der Waals surface area contributed by atoms with Crippen molar-refractivity contribution in [3.05, 3.63) is 52.5 Å². The Hall–Kier alpha value is -1.57.